The summed E-state index contributed by atoms with van der Waals surface area (Å²) in [5.74, 6) is -0.758. The van der Waals surface area contributed by atoms with Crippen molar-refractivity contribution >= 4 is 89.9 Å². The van der Waals surface area contributed by atoms with Crippen molar-refractivity contribution in [2.75, 3.05) is 0 Å². The van der Waals surface area contributed by atoms with Crippen molar-refractivity contribution in [1.29, 1.82) is 0 Å². The Hall–Kier alpha value is -5.24. The summed E-state index contributed by atoms with van der Waals surface area (Å²) in [6.45, 7) is 22.3. The minimum absolute atomic E-state index is 0.00571. The number of hydrogen-bond acceptors (Lipinski definition) is 11. The largest absolute Gasteiger partial charge is 0.463 e. The highest BCUT2D eigenvalue weighted by Gasteiger charge is 2.33. The van der Waals surface area contributed by atoms with Crippen LogP contribution in [0.15, 0.2) is 39.3 Å². The van der Waals surface area contributed by atoms with Gasteiger partial charge < -0.3 is 40.6 Å². The van der Waals surface area contributed by atoms with Crippen LogP contribution in [0.1, 0.15) is 161 Å². The molecule has 2 aromatic carbocycles. The number of ether oxygens (including phenoxy) is 3. The maximum absolute atomic E-state index is 13.3. The van der Waals surface area contributed by atoms with Crippen LogP contribution in [0, 0.1) is 0 Å². The molecule has 20 heteroatoms. The van der Waals surface area contributed by atoms with E-state index < -0.39 is 47.1 Å². The van der Waals surface area contributed by atoms with Crippen LogP contribution in [0.4, 0.5) is 19.2 Å². The summed E-state index contributed by atoms with van der Waals surface area (Å²) in [5.41, 5.74) is -0.205. The predicted octanol–water partition coefficient (Wildman–Crippen LogP) is 10.3. The molecule has 0 aliphatic heterocycles. The first kappa shape index (κ1) is 53.7. The lowest BCUT2D eigenvalue weighted by atomic mass is 9.84. The highest BCUT2D eigenvalue weighted by atomic mass is 79.9. The highest BCUT2D eigenvalue weighted by Crippen LogP contribution is 2.38. The number of benzene rings is 2. The van der Waals surface area contributed by atoms with E-state index in [-0.39, 0.29) is 46.9 Å². The molecule has 0 unspecified atom stereocenters. The first-order valence-corrected chi connectivity index (χ1v) is 24.4. The van der Waals surface area contributed by atoms with Crippen molar-refractivity contribution in [3.8, 4) is 0 Å². The second-order valence-electron chi connectivity index (χ2n) is 21.3. The molecule has 2 saturated carbocycles. The number of carbonyl (C=O) groups is 6. The molecule has 0 bridgehead atoms. The van der Waals surface area contributed by atoms with Gasteiger partial charge in [0.05, 0.1) is 11.0 Å². The van der Waals surface area contributed by atoms with Crippen molar-refractivity contribution in [3.63, 3.8) is 0 Å². The molecule has 18 nitrogen and oxygen atoms in total. The van der Waals surface area contributed by atoms with Gasteiger partial charge in [0.1, 0.15) is 16.8 Å². The Morgan fingerprint density at radius 1 is 0.574 bits per heavy atom. The van der Waals surface area contributed by atoms with E-state index in [0.717, 1.165) is 36.7 Å². The lowest BCUT2D eigenvalue weighted by Crippen LogP contribution is -2.45. The molecule has 372 valence electrons. The van der Waals surface area contributed by atoms with E-state index in [1.807, 2.05) is 62.3 Å². The van der Waals surface area contributed by atoms with Gasteiger partial charge in [0.2, 0.25) is 0 Å². The quantitative estimate of drug-likeness (QED) is 0.114. The molecule has 0 spiro atoms. The Labute approximate surface area is 414 Å². The summed E-state index contributed by atoms with van der Waals surface area (Å²) in [5, 5.41) is 31.0. The Bertz CT molecular complexity index is 2530. The summed E-state index contributed by atoms with van der Waals surface area (Å²) in [4.78, 5) is 75.0. The van der Waals surface area contributed by atoms with Crippen molar-refractivity contribution in [2.24, 2.45) is 0 Å². The molecule has 2 aliphatic carbocycles. The molecule has 2 heterocycles. The predicted molar refractivity (Wildman–Crippen MR) is 264 cm³/mol. The van der Waals surface area contributed by atoms with Gasteiger partial charge in [-0.25, -0.2) is 19.2 Å². The fourth-order valence-corrected chi connectivity index (χ4v) is 9.43. The number of alkyl carbamates (subject to hydrolysis) is 2. The van der Waals surface area contributed by atoms with Crippen molar-refractivity contribution in [1.82, 2.24) is 40.8 Å². The average Bonchev–Trinajstić information content (AvgIpc) is 3.76. The van der Waals surface area contributed by atoms with Gasteiger partial charge in [-0.15, -0.1) is 0 Å². The second kappa shape index (κ2) is 21.2. The van der Waals surface area contributed by atoms with E-state index in [0.29, 0.717) is 60.3 Å². The Morgan fingerprint density at radius 2 is 0.985 bits per heavy atom. The van der Waals surface area contributed by atoms with Crippen molar-refractivity contribution in [2.45, 2.75) is 181 Å². The Balaban J connectivity index is 0.000000254. The summed E-state index contributed by atoms with van der Waals surface area (Å²) < 4.78 is 19.6. The number of hydrogen-bond donors (Lipinski definition) is 5. The molecule has 0 radical (unpaired) electrons. The maximum Gasteiger partial charge on any atom is 0.435 e. The van der Waals surface area contributed by atoms with Crippen LogP contribution in [0.2, 0.25) is 0 Å². The van der Waals surface area contributed by atoms with E-state index in [9.17, 15) is 33.9 Å². The van der Waals surface area contributed by atoms with Crippen LogP contribution in [-0.4, -0.2) is 102 Å². The number of carbonyl (C=O) groups excluding carboxylic acids is 5. The second-order valence-corrected chi connectivity index (χ2v) is 23.1. The van der Waals surface area contributed by atoms with Crippen molar-refractivity contribution in [3.05, 3.63) is 56.2 Å². The number of amides is 4. The smallest absolute Gasteiger partial charge is 0.435 e. The van der Waals surface area contributed by atoms with E-state index in [1.54, 1.807) is 51.1 Å². The molecular weight excluding hydrogens is 1010 g/mol. The fraction of sp³-hybridized carbons (Fsp3) is 0.583. The van der Waals surface area contributed by atoms with Gasteiger partial charge >= 0.3 is 24.4 Å². The van der Waals surface area contributed by atoms with Crippen LogP contribution in [-0.2, 0) is 19.6 Å². The van der Waals surface area contributed by atoms with Gasteiger partial charge in [0, 0.05) is 43.9 Å². The third-order valence-corrected chi connectivity index (χ3v) is 12.1. The number of halogens is 2. The fourth-order valence-electron chi connectivity index (χ4n) is 8.15. The molecule has 2 aliphatic rings. The van der Waals surface area contributed by atoms with E-state index in [2.05, 4.69) is 63.3 Å². The average molecular weight is 1070 g/mol. The molecule has 4 aromatic rings. The Morgan fingerprint density at radius 3 is 1.41 bits per heavy atom. The molecule has 2 fully saturated rings. The highest BCUT2D eigenvalue weighted by molar-refractivity contribution is 9.10. The maximum atomic E-state index is 13.3. The van der Waals surface area contributed by atoms with Gasteiger partial charge in [-0.3, -0.25) is 9.59 Å². The van der Waals surface area contributed by atoms with Gasteiger partial charge in [0.15, 0.2) is 11.4 Å². The lowest BCUT2D eigenvalue weighted by molar-refractivity contribution is 0.0477. The van der Waals surface area contributed by atoms with Crippen LogP contribution in [0.5, 0.6) is 0 Å². The minimum atomic E-state index is -1.25. The molecule has 0 saturated heterocycles. The lowest BCUT2D eigenvalue weighted by Gasteiger charge is -2.30. The summed E-state index contributed by atoms with van der Waals surface area (Å²) in [7, 11) is 0. The molecule has 68 heavy (non-hydrogen) atoms. The summed E-state index contributed by atoms with van der Waals surface area (Å²) >= 11 is 6.99. The van der Waals surface area contributed by atoms with Crippen LogP contribution >= 0.6 is 31.9 Å². The number of nitrogens with zero attached hydrogens (tertiary/aromatic N) is 4. The zero-order valence-electron chi connectivity index (χ0n) is 41.0. The topological polar surface area (TPSA) is 234 Å². The van der Waals surface area contributed by atoms with Gasteiger partial charge in [-0.1, -0.05) is 52.6 Å². The first-order valence-electron chi connectivity index (χ1n) is 22.9. The molecule has 4 amide bonds. The van der Waals surface area contributed by atoms with Gasteiger partial charge in [0.25, 0.3) is 11.8 Å². The molecule has 0 atom stereocenters. The van der Waals surface area contributed by atoms with E-state index >= 15 is 0 Å². The van der Waals surface area contributed by atoms with E-state index in [1.165, 1.54) is 0 Å². The summed E-state index contributed by atoms with van der Waals surface area (Å²) in [6.07, 6.45) is 2.87. The van der Waals surface area contributed by atoms with Gasteiger partial charge in [-0.05, 0) is 155 Å². The SMILES string of the molecule is CC(C)(C)OC(=O)NC1CCC(NC(=O)c2nn(C(=O)O)c3ccc(Br)c(C(C)(C)C)c23)CC1.CC(C)(C)OC(=O)NC1CCC(NC(=O)c2nn(C(=O)OC(C)(C)C)c3ccc(Br)cc23)CC1. The van der Waals surface area contributed by atoms with Gasteiger partial charge in [-0.2, -0.15) is 19.6 Å². The number of nitrogens with one attached hydrogen (secondary N) is 4. The van der Waals surface area contributed by atoms with Crippen LogP contribution < -0.4 is 21.3 Å². The Kier molecular flexibility index (Phi) is 16.7. The summed E-state index contributed by atoms with van der Waals surface area (Å²) in [6, 6.07) is 8.54. The van der Waals surface area contributed by atoms with Crippen LogP contribution in [0.25, 0.3) is 21.8 Å². The number of carboxylic acid groups (broad SMARTS) is 1. The monoisotopic (exact) mass is 1070 g/mol. The number of aromatic nitrogens is 4. The number of rotatable bonds is 6. The van der Waals surface area contributed by atoms with E-state index in [4.69, 9.17) is 14.2 Å². The first-order chi connectivity index (χ1) is 31.4. The van der Waals surface area contributed by atoms with Crippen LogP contribution in [0.3, 0.4) is 0 Å². The van der Waals surface area contributed by atoms with Crippen molar-refractivity contribution < 1.29 is 48.1 Å². The minimum Gasteiger partial charge on any atom is -0.463 e. The molecule has 6 rings (SSSR count). The molecule has 5 N–H and O–H groups in total. The zero-order chi connectivity index (χ0) is 50.7. The third kappa shape index (κ3) is 14.6. The molecule has 2 aromatic heterocycles. The standard InChI is InChI=1S/2C24H33BrN4O5/c1-23(2,3)33-21(31)27-16-10-8-15(9-11-16)26-20(30)19-17-13-14(25)7-12-18(17)29(28-19)22(32)34-24(4,5)6;1-23(2,3)18-15(25)11-12-16-17(18)19(28-29(16)22(32)33)20(30)26-13-7-9-14(10-8-13)27-21(31)34-24(4,5)6/h7,12-13,15-16H,8-11H2,1-6H3,(H,26,30)(H,27,31);11-14H,7-10H2,1-6H3,(H,26,30)(H,27,31)(H,32,33). The zero-order valence-corrected chi connectivity index (χ0v) is 44.2. The molecular formula is C48H66Br2N8O10. The third-order valence-electron chi connectivity index (χ3n) is 10.9. The normalized spacial score (nSPS) is 19.0. The number of fused-ring (bicyclic) bond motifs is 2.